The van der Waals surface area contributed by atoms with E-state index in [1.54, 1.807) is 17.0 Å². The van der Waals surface area contributed by atoms with Gasteiger partial charge in [-0.1, -0.05) is 12.1 Å². The summed E-state index contributed by atoms with van der Waals surface area (Å²) in [4.78, 5) is 14.3. The van der Waals surface area contributed by atoms with Crippen LogP contribution in [-0.2, 0) is 21.4 Å². The van der Waals surface area contributed by atoms with Crippen molar-refractivity contribution in [2.45, 2.75) is 43.2 Å². The first-order chi connectivity index (χ1) is 14.8. The number of halogens is 3. The quantitative estimate of drug-likeness (QED) is 0.672. The van der Waals surface area contributed by atoms with Gasteiger partial charge in [-0.15, -0.1) is 0 Å². The number of carbonyl (C=O) groups is 1. The van der Waals surface area contributed by atoms with Gasteiger partial charge in [0.05, 0.1) is 0 Å². The van der Waals surface area contributed by atoms with Crippen molar-refractivity contribution in [1.29, 1.82) is 0 Å². The molecule has 166 valence electrons. The van der Waals surface area contributed by atoms with Crippen LogP contribution >= 0.6 is 0 Å². The molecule has 0 radical (unpaired) electrons. The summed E-state index contributed by atoms with van der Waals surface area (Å²) < 4.78 is 67.2. The molecular weight excluding hydrogens is 429 g/mol. The van der Waals surface area contributed by atoms with Crippen LogP contribution in [0.4, 0.5) is 13.2 Å². The lowest BCUT2D eigenvalue weighted by atomic mass is 9.96. The molecule has 0 atom stereocenters. The van der Waals surface area contributed by atoms with Crippen LogP contribution in [0, 0.1) is 23.4 Å². The first-order valence-corrected chi connectivity index (χ1v) is 11.7. The van der Waals surface area contributed by atoms with E-state index in [-0.39, 0.29) is 36.8 Å². The molecule has 1 saturated heterocycles. The van der Waals surface area contributed by atoms with E-state index in [4.69, 9.17) is 0 Å². The lowest BCUT2D eigenvalue weighted by Crippen LogP contribution is -2.45. The Morgan fingerprint density at radius 3 is 2.16 bits per heavy atom. The highest BCUT2D eigenvalue weighted by molar-refractivity contribution is 7.89. The van der Waals surface area contributed by atoms with Crippen molar-refractivity contribution in [2.75, 3.05) is 13.1 Å². The van der Waals surface area contributed by atoms with Crippen molar-refractivity contribution in [3.63, 3.8) is 0 Å². The van der Waals surface area contributed by atoms with E-state index >= 15 is 0 Å². The van der Waals surface area contributed by atoms with Crippen LogP contribution in [0.3, 0.4) is 0 Å². The maximum atomic E-state index is 14.0. The summed E-state index contributed by atoms with van der Waals surface area (Å²) in [6.07, 6.45) is 2.45. The first kappa shape index (κ1) is 21.8. The topological polar surface area (TPSA) is 57.7 Å². The van der Waals surface area contributed by atoms with Crippen LogP contribution in [0.25, 0.3) is 0 Å². The molecule has 2 aromatic rings. The van der Waals surface area contributed by atoms with E-state index < -0.39 is 26.6 Å². The van der Waals surface area contributed by atoms with Gasteiger partial charge in [0.15, 0.2) is 0 Å². The Balaban J connectivity index is 1.43. The molecule has 0 N–H and O–H groups in total. The van der Waals surface area contributed by atoms with Crippen molar-refractivity contribution < 1.29 is 26.4 Å². The smallest absolute Gasteiger partial charge is 0.246 e. The number of piperidine rings is 1. The normalized spacial score (nSPS) is 18.2. The van der Waals surface area contributed by atoms with Crippen LogP contribution in [-0.4, -0.2) is 42.7 Å². The fourth-order valence-corrected chi connectivity index (χ4v) is 5.50. The Bertz CT molecular complexity index is 1060. The van der Waals surface area contributed by atoms with Gasteiger partial charge < -0.3 is 4.90 Å². The molecule has 5 nitrogen and oxygen atoms in total. The third-order valence-electron chi connectivity index (χ3n) is 5.85. The zero-order chi connectivity index (χ0) is 22.2. The molecule has 9 heteroatoms. The molecule has 1 aliphatic carbocycles. The minimum absolute atomic E-state index is 0.0409. The molecule has 31 heavy (non-hydrogen) atoms. The molecule has 0 unspecified atom stereocenters. The molecule has 0 spiro atoms. The maximum Gasteiger partial charge on any atom is 0.246 e. The van der Waals surface area contributed by atoms with Crippen molar-refractivity contribution in [2.24, 2.45) is 5.92 Å². The summed E-state index contributed by atoms with van der Waals surface area (Å²) in [5, 5.41) is 0. The van der Waals surface area contributed by atoms with Crippen LogP contribution in [0.15, 0.2) is 47.4 Å². The van der Waals surface area contributed by atoms with E-state index in [9.17, 15) is 26.4 Å². The number of nitrogens with zero attached hydrogens (tertiary/aromatic N) is 2. The molecule has 1 amide bonds. The third kappa shape index (κ3) is 4.77. The van der Waals surface area contributed by atoms with Crippen molar-refractivity contribution in [1.82, 2.24) is 9.21 Å². The fourth-order valence-electron chi connectivity index (χ4n) is 3.95. The van der Waals surface area contributed by atoms with Crippen LogP contribution in [0.5, 0.6) is 0 Å². The molecule has 1 aliphatic heterocycles. The van der Waals surface area contributed by atoms with E-state index in [0.717, 1.165) is 34.8 Å². The zero-order valence-corrected chi connectivity index (χ0v) is 17.6. The monoisotopic (exact) mass is 452 g/mol. The molecule has 2 fully saturated rings. The average molecular weight is 452 g/mol. The summed E-state index contributed by atoms with van der Waals surface area (Å²) in [7, 11) is -4.18. The number of hydrogen-bond acceptors (Lipinski definition) is 3. The predicted octanol–water partition coefficient (Wildman–Crippen LogP) is 3.70. The van der Waals surface area contributed by atoms with Gasteiger partial charge in [-0.2, -0.15) is 4.31 Å². The van der Waals surface area contributed by atoms with E-state index in [1.165, 1.54) is 12.1 Å². The Kier molecular flexibility index (Phi) is 6.07. The van der Waals surface area contributed by atoms with E-state index in [2.05, 4.69) is 0 Å². The Morgan fingerprint density at radius 1 is 0.935 bits per heavy atom. The van der Waals surface area contributed by atoms with Gasteiger partial charge in [-0.05, 0) is 61.6 Å². The molecule has 1 heterocycles. The van der Waals surface area contributed by atoms with Gasteiger partial charge in [0.25, 0.3) is 0 Å². The molecule has 4 rings (SSSR count). The second kappa shape index (κ2) is 8.63. The molecule has 0 aromatic heterocycles. The first-order valence-electron chi connectivity index (χ1n) is 10.3. The highest BCUT2D eigenvalue weighted by atomic mass is 32.2. The van der Waals surface area contributed by atoms with Gasteiger partial charge in [-0.25, -0.2) is 21.6 Å². The second-order valence-electron chi connectivity index (χ2n) is 8.08. The molecule has 2 aliphatic rings. The number of amides is 1. The Labute approximate surface area is 179 Å². The van der Waals surface area contributed by atoms with Gasteiger partial charge in [0.2, 0.25) is 15.9 Å². The molecule has 0 bridgehead atoms. The fraction of sp³-hybridized carbons (Fsp3) is 0.409. The number of hydrogen-bond donors (Lipinski definition) is 0. The lowest BCUT2D eigenvalue weighted by molar-refractivity contribution is -0.138. The van der Waals surface area contributed by atoms with E-state index in [1.807, 2.05) is 0 Å². The number of benzene rings is 2. The Morgan fingerprint density at radius 2 is 1.55 bits per heavy atom. The van der Waals surface area contributed by atoms with Crippen molar-refractivity contribution in [3.8, 4) is 0 Å². The zero-order valence-electron chi connectivity index (χ0n) is 16.8. The minimum atomic E-state index is -4.18. The van der Waals surface area contributed by atoms with E-state index in [0.29, 0.717) is 25.5 Å². The summed E-state index contributed by atoms with van der Waals surface area (Å²) in [6, 6.07) is 8.52. The minimum Gasteiger partial charge on any atom is -0.335 e. The van der Waals surface area contributed by atoms with Crippen LogP contribution in [0.1, 0.15) is 31.2 Å². The van der Waals surface area contributed by atoms with Gasteiger partial charge >= 0.3 is 0 Å². The summed E-state index contributed by atoms with van der Waals surface area (Å²) >= 11 is 0. The largest absolute Gasteiger partial charge is 0.335 e. The predicted molar refractivity (Wildman–Crippen MR) is 108 cm³/mol. The van der Waals surface area contributed by atoms with Crippen molar-refractivity contribution >= 4 is 15.9 Å². The molecule has 2 aromatic carbocycles. The van der Waals surface area contributed by atoms with Gasteiger partial charge in [-0.3, -0.25) is 4.79 Å². The summed E-state index contributed by atoms with van der Waals surface area (Å²) in [5.74, 6) is -2.55. The standard InChI is InChI=1S/C22H23F3N2O3S/c23-17-3-1-15(2-4-17)14-27(19-6-7-19)22(28)16-9-11-26(12-10-16)31(29,30)21-13-18(24)5-8-20(21)25/h1-5,8,13,16,19H,6-7,9-12,14H2. The number of rotatable bonds is 6. The second-order valence-corrected chi connectivity index (χ2v) is 9.98. The lowest BCUT2D eigenvalue weighted by Gasteiger charge is -2.34. The molecular formula is C22H23F3N2O3S. The van der Waals surface area contributed by atoms with Crippen LogP contribution in [0.2, 0.25) is 0 Å². The summed E-state index contributed by atoms with van der Waals surface area (Å²) in [6.45, 7) is 0.504. The average Bonchev–Trinajstić information content (AvgIpc) is 3.60. The van der Waals surface area contributed by atoms with Crippen molar-refractivity contribution in [3.05, 3.63) is 65.5 Å². The number of sulfonamides is 1. The van der Waals surface area contributed by atoms with Gasteiger partial charge in [0.1, 0.15) is 22.3 Å². The molecule has 1 saturated carbocycles. The highest BCUT2D eigenvalue weighted by Crippen LogP contribution is 2.33. The number of carbonyl (C=O) groups excluding carboxylic acids is 1. The summed E-state index contributed by atoms with van der Waals surface area (Å²) in [5.41, 5.74) is 0.836. The van der Waals surface area contributed by atoms with Gasteiger partial charge in [0, 0.05) is 31.6 Å². The highest BCUT2D eigenvalue weighted by Gasteiger charge is 2.39. The third-order valence-corrected chi connectivity index (χ3v) is 7.76. The Hall–Kier alpha value is -2.39. The van der Waals surface area contributed by atoms with Crippen LogP contribution < -0.4 is 0 Å². The maximum absolute atomic E-state index is 14.0. The SMILES string of the molecule is O=C(C1CCN(S(=O)(=O)c2cc(F)ccc2F)CC1)N(Cc1ccc(F)cc1)C1CC1.